The molecule has 1 aliphatic heterocycles. The van der Waals surface area contributed by atoms with Gasteiger partial charge in [0.2, 0.25) is 0 Å². The molecule has 0 unspecified atom stereocenters. The van der Waals surface area contributed by atoms with Crippen LogP contribution in [0.2, 0.25) is 0 Å². The van der Waals surface area contributed by atoms with E-state index in [1.165, 1.54) is 36.9 Å². The highest BCUT2D eigenvalue weighted by Crippen LogP contribution is 2.24. The highest BCUT2D eigenvalue weighted by molar-refractivity contribution is 5.54. The first-order valence-corrected chi connectivity index (χ1v) is 7.77. The van der Waals surface area contributed by atoms with Crippen molar-refractivity contribution in [1.29, 1.82) is 5.26 Å². The Labute approximate surface area is 120 Å². The van der Waals surface area contributed by atoms with Crippen molar-refractivity contribution < 1.29 is 0 Å². The molecule has 106 valence electrons. The number of fused-ring (bicyclic) bond motifs is 1. The van der Waals surface area contributed by atoms with Crippen molar-refractivity contribution in [2.45, 2.75) is 51.0 Å². The molecule has 20 heavy (non-hydrogen) atoms. The van der Waals surface area contributed by atoms with Crippen molar-refractivity contribution in [3.63, 3.8) is 0 Å². The van der Waals surface area contributed by atoms with Gasteiger partial charge in [-0.25, -0.2) is 4.98 Å². The molecule has 1 saturated heterocycles. The van der Waals surface area contributed by atoms with Crippen molar-refractivity contribution in [2.75, 3.05) is 18.4 Å². The van der Waals surface area contributed by atoms with E-state index in [-0.39, 0.29) is 0 Å². The summed E-state index contributed by atoms with van der Waals surface area (Å²) in [6, 6.07) is 4.95. The third kappa shape index (κ3) is 2.94. The predicted octanol–water partition coefficient (Wildman–Crippen LogP) is 2.39. The van der Waals surface area contributed by atoms with E-state index in [9.17, 15) is 5.26 Å². The van der Waals surface area contributed by atoms with E-state index < -0.39 is 0 Å². The molecule has 4 nitrogen and oxygen atoms in total. The van der Waals surface area contributed by atoms with Crippen LogP contribution in [0.4, 0.5) is 5.82 Å². The van der Waals surface area contributed by atoms with Crippen molar-refractivity contribution in [3.05, 3.63) is 22.9 Å². The number of rotatable bonds is 4. The highest BCUT2D eigenvalue weighted by atomic mass is 15.0. The number of nitriles is 1. The molecule has 3 rings (SSSR count). The summed E-state index contributed by atoms with van der Waals surface area (Å²) < 4.78 is 0. The van der Waals surface area contributed by atoms with Crippen LogP contribution in [-0.4, -0.2) is 24.1 Å². The maximum atomic E-state index is 9.29. The normalized spacial score (nSPS) is 21.2. The fraction of sp³-hybridized carbons (Fsp3) is 0.625. The van der Waals surface area contributed by atoms with E-state index in [4.69, 9.17) is 4.98 Å². The Morgan fingerprint density at radius 3 is 3.05 bits per heavy atom. The third-order valence-corrected chi connectivity index (χ3v) is 4.37. The molecule has 2 aliphatic rings. The van der Waals surface area contributed by atoms with Gasteiger partial charge in [-0.3, -0.25) is 0 Å². The Kier molecular flexibility index (Phi) is 4.17. The number of anilines is 1. The van der Waals surface area contributed by atoms with Gasteiger partial charge in [0.15, 0.2) is 0 Å². The van der Waals surface area contributed by atoms with Gasteiger partial charge in [-0.05, 0) is 63.1 Å². The van der Waals surface area contributed by atoms with Crippen LogP contribution < -0.4 is 10.6 Å². The minimum atomic E-state index is 0.630. The van der Waals surface area contributed by atoms with E-state index in [2.05, 4.69) is 16.7 Å². The van der Waals surface area contributed by atoms with Crippen molar-refractivity contribution in [2.24, 2.45) is 0 Å². The number of nitrogens with one attached hydrogen (secondary N) is 2. The molecule has 2 heterocycles. The summed E-state index contributed by atoms with van der Waals surface area (Å²) in [6.45, 7) is 2.03. The van der Waals surface area contributed by atoms with Crippen LogP contribution in [0.1, 0.15) is 48.9 Å². The lowest BCUT2D eigenvalue weighted by Gasteiger charge is -2.18. The van der Waals surface area contributed by atoms with Gasteiger partial charge in [0.1, 0.15) is 11.9 Å². The zero-order valence-electron chi connectivity index (χ0n) is 11.9. The summed E-state index contributed by atoms with van der Waals surface area (Å²) in [5.74, 6) is 0.783. The van der Waals surface area contributed by atoms with Gasteiger partial charge >= 0.3 is 0 Å². The Balaban J connectivity index is 1.66. The topological polar surface area (TPSA) is 60.7 Å². The van der Waals surface area contributed by atoms with Crippen LogP contribution in [0.3, 0.4) is 0 Å². The van der Waals surface area contributed by atoms with Crippen molar-refractivity contribution in [3.8, 4) is 6.07 Å². The SMILES string of the molecule is N#Cc1cc2c(nc1NCC[C@@H]1CCCN1)CCCC2. The third-order valence-electron chi connectivity index (χ3n) is 4.37. The second-order valence-electron chi connectivity index (χ2n) is 5.82. The van der Waals surface area contributed by atoms with Gasteiger partial charge in [-0.1, -0.05) is 0 Å². The van der Waals surface area contributed by atoms with Crippen LogP contribution in [0, 0.1) is 11.3 Å². The number of hydrogen-bond donors (Lipinski definition) is 2. The molecule has 0 radical (unpaired) electrons. The first-order valence-electron chi connectivity index (χ1n) is 7.77. The minimum absolute atomic E-state index is 0.630. The number of aromatic nitrogens is 1. The summed E-state index contributed by atoms with van der Waals surface area (Å²) >= 11 is 0. The van der Waals surface area contributed by atoms with Gasteiger partial charge in [0.25, 0.3) is 0 Å². The summed E-state index contributed by atoms with van der Waals surface area (Å²) in [7, 11) is 0. The summed E-state index contributed by atoms with van der Waals surface area (Å²) in [6.07, 6.45) is 8.22. The van der Waals surface area contributed by atoms with E-state index >= 15 is 0 Å². The second kappa shape index (κ2) is 6.23. The van der Waals surface area contributed by atoms with Gasteiger partial charge in [-0.15, -0.1) is 0 Å². The Morgan fingerprint density at radius 1 is 1.35 bits per heavy atom. The fourth-order valence-corrected chi connectivity index (χ4v) is 3.22. The average molecular weight is 270 g/mol. The van der Waals surface area contributed by atoms with Crippen LogP contribution in [0.15, 0.2) is 6.07 Å². The van der Waals surface area contributed by atoms with Gasteiger partial charge in [0, 0.05) is 18.3 Å². The molecule has 0 bridgehead atoms. The molecule has 0 amide bonds. The Morgan fingerprint density at radius 2 is 2.25 bits per heavy atom. The molecule has 1 aromatic heterocycles. The molecular weight excluding hydrogens is 248 g/mol. The zero-order chi connectivity index (χ0) is 13.8. The average Bonchev–Trinajstić information content (AvgIpc) is 3.00. The van der Waals surface area contributed by atoms with Crippen molar-refractivity contribution >= 4 is 5.82 Å². The maximum absolute atomic E-state index is 9.29. The summed E-state index contributed by atoms with van der Waals surface area (Å²) in [5.41, 5.74) is 3.16. The van der Waals surface area contributed by atoms with Gasteiger partial charge in [0.05, 0.1) is 5.56 Å². The van der Waals surface area contributed by atoms with E-state index in [1.54, 1.807) is 0 Å². The van der Waals surface area contributed by atoms with Crippen LogP contribution in [0.25, 0.3) is 0 Å². The Hall–Kier alpha value is -1.60. The first-order chi connectivity index (χ1) is 9.86. The highest BCUT2D eigenvalue weighted by Gasteiger charge is 2.16. The quantitative estimate of drug-likeness (QED) is 0.882. The molecular formula is C16H22N4. The molecule has 0 spiro atoms. The Bertz CT molecular complexity index is 512. The van der Waals surface area contributed by atoms with Gasteiger partial charge < -0.3 is 10.6 Å². The van der Waals surface area contributed by atoms with E-state index in [1.807, 2.05) is 6.07 Å². The first kappa shape index (κ1) is 13.4. The number of pyridine rings is 1. The summed E-state index contributed by atoms with van der Waals surface area (Å²) in [4.78, 5) is 4.69. The largest absolute Gasteiger partial charge is 0.369 e. The zero-order valence-corrected chi connectivity index (χ0v) is 11.9. The number of nitrogens with zero attached hydrogens (tertiary/aromatic N) is 2. The molecule has 1 fully saturated rings. The monoisotopic (exact) mass is 270 g/mol. The lowest BCUT2D eigenvalue weighted by atomic mass is 9.95. The van der Waals surface area contributed by atoms with Crippen LogP contribution in [-0.2, 0) is 12.8 Å². The van der Waals surface area contributed by atoms with Crippen LogP contribution >= 0.6 is 0 Å². The molecule has 0 saturated carbocycles. The molecule has 0 aromatic carbocycles. The predicted molar refractivity (Wildman–Crippen MR) is 79.7 cm³/mol. The molecule has 1 aromatic rings. The molecule has 1 atom stereocenters. The van der Waals surface area contributed by atoms with Crippen molar-refractivity contribution in [1.82, 2.24) is 10.3 Å². The van der Waals surface area contributed by atoms with E-state index in [0.717, 1.165) is 38.2 Å². The standard InChI is InChI=1S/C16H22N4/c17-11-13-10-12-4-1-2-6-15(12)20-16(13)19-9-7-14-5-3-8-18-14/h10,14,18H,1-9H2,(H,19,20)/t14-/m0/s1. The number of hydrogen-bond acceptors (Lipinski definition) is 4. The molecule has 4 heteroatoms. The van der Waals surface area contributed by atoms with Crippen LogP contribution in [0.5, 0.6) is 0 Å². The molecule has 2 N–H and O–H groups in total. The maximum Gasteiger partial charge on any atom is 0.144 e. The number of aryl methyl sites for hydroxylation is 2. The smallest absolute Gasteiger partial charge is 0.144 e. The molecule has 1 aliphatic carbocycles. The minimum Gasteiger partial charge on any atom is -0.369 e. The lowest BCUT2D eigenvalue weighted by Crippen LogP contribution is -2.24. The van der Waals surface area contributed by atoms with E-state index in [0.29, 0.717) is 11.6 Å². The van der Waals surface area contributed by atoms with Gasteiger partial charge in [-0.2, -0.15) is 5.26 Å². The summed E-state index contributed by atoms with van der Waals surface area (Å²) in [5, 5.41) is 16.2. The fourth-order valence-electron chi connectivity index (χ4n) is 3.22. The second-order valence-corrected chi connectivity index (χ2v) is 5.82. The lowest BCUT2D eigenvalue weighted by molar-refractivity contribution is 0.574.